The third-order valence-corrected chi connectivity index (χ3v) is 5.24. The number of aromatic nitrogens is 1. The van der Waals surface area contributed by atoms with Gasteiger partial charge in [-0.3, -0.25) is 4.98 Å². The molecule has 2 unspecified atom stereocenters. The minimum Gasteiger partial charge on any atom is -0.456 e. The van der Waals surface area contributed by atoms with E-state index < -0.39 is 11.8 Å². The Balaban J connectivity index is 1.50. The number of aliphatic hydroxyl groups excluding tert-OH is 1. The molecule has 2 atom stereocenters. The number of pyridine rings is 1. The topological polar surface area (TPSA) is 62.7 Å². The first kappa shape index (κ1) is 19.4. The van der Waals surface area contributed by atoms with Crippen molar-refractivity contribution in [3.63, 3.8) is 0 Å². The van der Waals surface area contributed by atoms with Gasteiger partial charge in [-0.05, 0) is 62.1 Å². The van der Waals surface area contributed by atoms with Crippen LogP contribution in [0.5, 0.6) is 0 Å². The second-order valence-electron chi connectivity index (χ2n) is 8.60. The van der Waals surface area contributed by atoms with E-state index in [0.717, 1.165) is 28.6 Å². The molecular formula is C24H26N2O3. The molecule has 0 amide bonds. The van der Waals surface area contributed by atoms with Gasteiger partial charge in [0.05, 0.1) is 5.56 Å². The van der Waals surface area contributed by atoms with E-state index in [4.69, 9.17) is 4.74 Å². The van der Waals surface area contributed by atoms with E-state index in [-0.39, 0.29) is 11.9 Å². The normalized spacial score (nSPS) is 19.5. The fourth-order valence-electron chi connectivity index (χ4n) is 3.81. The van der Waals surface area contributed by atoms with Crippen LogP contribution >= 0.6 is 0 Å². The van der Waals surface area contributed by atoms with Crippen molar-refractivity contribution >= 4 is 22.4 Å². The number of carbonyl (C=O) groups is 1. The molecule has 1 fully saturated rings. The number of hydrogen-bond acceptors (Lipinski definition) is 5. The standard InChI is InChI=1S/C24H26N2O3/c1-24(2,3)29-23(28)17-6-4-16(5-7-17)20-13-22(27)26(15-20)21-9-8-19-14-25-11-10-18(19)12-21/h4-12,14,20,22,27H,13,15H2,1-3H3. The molecule has 1 N–H and O–H groups in total. The molecule has 2 aromatic carbocycles. The minimum absolute atomic E-state index is 0.200. The van der Waals surface area contributed by atoms with Gasteiger partial charge in [-0.15, -0.1) is 0 Å². The van der Waals surface area contributed by atoms with Crippen LogP contribution in [-0.4, -0.2) is 34.4 Å². The summed E-state index contributed by atoms with van der Waals surface area (Å²) in [6.45, 7) is 6.30. The molecule has 5 heteroatoms. The smallest absolute Gasteiger partial charge is 0.338 e. The average molecular weight is 390 g/mol. The van der Waals surface area contributed by atoms with Gasteiger partial charge in [-0.1, -0.05) is 18.2 Å². The van der Waals surface area contributed by atoms with Crippen LogP contribution in [0, 0.1) is 0 Å². The molecule has 150 valence electrons. The SMILES string of the molecule is CC(C)(C)OC(=O)c1ccc(C2CC(O)N(c3ccc4cnccc4c3)C2)cc1. The predicted octanol–water partition coefficient (Wildman–Crippen LogP) is 4.50. The zero-order valence-electron chi connectivity index (χ0n) is 17.0. The molecule has 0 radical (unpaired) electrons. The lowest BCUT2D eigenvalue weighted by molar-refractivity contribution is 0.00695. The third kappa shape index (κ3) is 4.25. The highest BCUT2D eigenvalue weighted by atomic mass is 16.6. The van der Waals surface area contributed by atoms with Crippen molar-refractivity contribution in [3.05, 3.63) is 72.1 Å². The highest BCUT2D eigenvalue weighted by Crippen LogP contribution is 2.35. The van der Waals surface area contributed by atoms with E-state index in [1.54, 1.807) is 6.20 Å². The van der Waals surface area contributed by atoms with Gasteiger partial charge >= 0.3 is 5.97 Å². The molecule has 1 aliphatic heterocycles. The van der Waals surface area contributed by atoms with Crippen LogP contribution in [-0.2, 0) is 4.74 Å². The predicted molar refractivity (Wildman–Crippen MR) is 114 cm³/mol. The molecule has 29 heavy (non-hydrogen) atoms. The van der Waals surface area contributed by atoms with Crippen LogP contribution in [0.2, 0.25) is 0 Å². The number of fused-ring (bicyclic) bond motifs is 1. The Bertz CT molecular complexity index is 1020. The minimum atomic E-state index is -0.537. The van der Waals surface area contributed by atoms with Crippen LogP contribution < -0.4 is 4.90 Å². The molecule has 0 aliphatic carbocycles. The number of esters is 1. The fraction of sp³-hybridized carbons (Fsp3) is 0.333. The van der Waals surface area contributed by atoms with Gasteiger partial charge in [-0.2, -0.15) is 0 Å². The lowest BCUT2D eigenvalue weighted by atomic mass is 9.97. The van der Waals surface area contributed by atoms with Crippen molar-refractivity contribution in [1.82, 2.24) is 4.98 Å². The number of aliphatic hydroxyl groups is 1. The summed E-state index contributed by atoms with van der Waals surface area (Å²) in [4.78, 5) is 18.4. The first-order chi connectivity index (χ1) is 13.8. The van der Waals surface area contributed by atoms with E-state index in [1.807, 2.05) is 74.3 Å². The summed E-state index contributed by atoms with van der Waals surface area (Å²) in [7, 11) is 0. The Morgan fingerprint density at radius 1 is 1.10 bits per heavy atom. The number of anilines is 1. The summed E-state index contributed by atoms with van der Waals surface area (Å²) >= 11 is 0. The molecule has 5 nitrogen and oxygen atoms in total. The van der Waals surface area contributed by atoms with Crippen molar-refractivity contribution in [2.24, 2.45) is 0 Å². The lowest BCUT2D eigenvalue weighted by Crippen LogP contribution is -2.28. The molecule has 0 spiro atoms. The number of benzene rings is 2. The van der Waals surface area contributed by atoms with E-state index >= 15 is 0 Å². The van der Waals surface area contributed by atoms with Gasteiger partial charge in [0.25, 0.3) is 0 Å². The number of nitrogens with zero attached hydrogens (tertiary/aromatic N) is 2. The monoisotopic (exact) mass is 390 g/mol. The fourth-order valence-corrected chi connectivity index (χ4v) is 3.81. The van der Waals surface area contributed by atoms with E-state index in [1.165, 1.54) is 0 Å². The van der Waals surface area contributed by atoms with Gasteiger partial charge in [0, 0.05) is 42.4 Å². The quantitative estimate of drug-likeness (QED) is 0.667. The van der Waals surface area contributed by atoms with Gasteiger partial charge in [0.2, 0.25) is 0 Å². The number of rotatable bonds is 3. The summed E-state index contributed by atoms with van der Waals surface area (Å²) in [6, 6.07) is 15.7. The zero-order chi connectivity index (χ0) is 20.6. The van der Waals surface area contributed by atoms with Crippen LogP contribution in [0.1, 0.15) is 49.0 Å². The first-order valence-corrected chi connectivity index (χ1v) is 9.92. The van der Waals surface area contributed by atoms with Crippen molar-refractivity contribution < 1.29 is 14.6 Å². The Kier molecular flexibility index (Phi) is 5.01. The van der Waals surface area contributed by atoms with Gasteiger partial charge in [0.1, 0.15) is 11.8 Å². The number of carbonyl (C=O) groups excluding carboxylic acids is 1. The highest BCUT2D eigenvalue weighted by Gasteiger charge is 2.32. The first-order valence-electron chi connectivity index (χ1n) is 9.92. The summed E-state index contributed by atoms with van der Waals surface area (Å²) in [5.74, 6) is -0.117. The molecule has 1 saturated heterocycles. The van der Waals surface area contributed by atoms with Gasteiger partial charge in [-0.25, -0.2) is 4.79 Å². The molecule has 4 rings (SSSR count). The Hall–Kier alpha value is -2.92. The highest BCUT2D eigenvalue weighted by molar-refractivity contribution is 5.89. The van der Waals surface area contributed by atoms with Crippen molar-refractivity contribution in [3.8, 4) is 0 Å². The third-order valence-electron chi connectivity index (χ3n) is 5.24. The second-order valence-corrected chi connectivity index (χ2v) is 8.60. The number of ether oxygens (including phenoxy) is 1. The van der Waals surface area contributed by atoms with Crippen molar-refractivity contribution in [2.75, 3.05) is 11.4 Å². The lowest BCUT2D eigenvalue weighted by Gasteiger charge is -2.23. The largest absolute Gasteiger partial charge is 0.456 e. The molecule has 2 heterocycles. The summed E-state index contributed by atoms with van der Waals surface area (Å²) in [5.41, 5.74) is 2.15. The molecule has 1 aromatic heterocycles. The van der Waals surface area contributed by atoms with E-state index in [0.29, 0.717) is 12.0 Å². The summed E-state index contributed by atoms with van der Waals surface area (Å²) in [5, 5.41) is 12.8. The van der Waals surface area contributed by atoms with Crippen LogP contribution in [0.25, 0.3) is 10.8 Å². The Morgan fingerprint density at radius 3 is 2.59 bits per heavy atom. The Labute approximate surface area is 170 Å². The maximum atomic E-state index is 12.2. The van der Waals surface area contributed by atoms with E-state index in [2.05, 4.69) is 11.1 Å². The summed E-state index contributed by atoms with van der Waals surface area (Å²) in [6.07, 6.45) is 3.74. The molecule has 3 aromatic rings. The van der Waals surface area contributed by atoms with Crippen molar-refractivity contribution in [2.45, 2.75) is 44.9 Å². The molecule has 0 bridgehead atoms. The second kappa shape index (κ2) is 7.48. The Morgan fingerprint density at radius 2 is 1.86 bits per heavy atom. The maximum absolute atomic E-state index is 12.2. The summed E-state index contributed by atoms with van der Waals surface area (Å²) < 4.78 is 5.42. The van der Waals surface area contributed by atoms with Crippen LogP contribution in [0.3, 0.4) is 0 Å². The van der Waals surface area contributed by atoms with Crippen molar-refractivity contribution in [1.29, 1.82) is 0 Å². The van der Waals surface area contributed by atoms with Crippen LogP contribution in [0.15, 0.2) is 60.9 Å². The van der Waals surface area contributed by atoms with Gasteiger partial charge < -0.3 is 14.7 Å². The molecule has 1 aliphatic rings. The molecular weight excluding hydrogens is 364 g/mol. The van der Waals surface area contributed by atoms with Gasteiger partial charge in [0.15, 0.2) is 0 Å². The molecule has 0 saturated carbocycles. The van der Waals surface area contributed by atoms with E-state index in [9.17, 15) is 9.90 Å². The maximum Gasteiger partial charge on any atom is 0.338 e. The number of hydrogen-bond donors (Lipinski definition) is 1. The van der Waals surface area contributed by atoms with Crippen LogP contribution in [0.4, 0.5) is 5.69 Å². The zero-order valence-corrected chi connectivity index (χ0v) is 17.0. The average Bonchev–Trinajstić information content (AvgIpc) is 3.08.